The van der Waals surface area contributed by atoms with Gasteiger partial charge in [0.1, 0.15) is 5.82 Å². The Bertz CT molecular complexity index is 835. The van der Waals surface area contributed by atoms with E-state index in [1.807, 2.05) is 45.0 Å². The van der Waals surface area contributed by atoms with Crippen LogP contribution in [0.15, 0.2) is 36.5 Å². The summed E-state index contributed by atoms with van der Waals surface area (Å²) in [6.45, 7) is 5.76. The van der Waals surface area contributed by atoms with Gasteiger partial charge in [-0.15, -0.1) is 0 Å². The Morgan fingerprint density at radius 3 is 2.76 bits per heavy atom. The van der Waals surface area contributed by atoms with E-state index in [2.05, 4.69) is 15.4 Å². The van der Waals surface area contributed by atoms with Crippen molar-refractivity contribution in [2.75, 3.05) is 5.32 Å². The molecular formula is C16H16N4O. The first-order chi connectivity index (χ1) is 10.0. The van der Waals surface area contributed by atoms with Crippen LogP contribution in [0.3, 0.4) is 0 Å². The van der Waals surface area contributed by atoms with Crippen molar-refractivity contribution in [3.8, 4) is 0 Å². The first kappa shape index (κ1) is 13.3. The number of carbonyl (C=O) groups is 1. The van der Waals surface area contributed by atoms with Gasteiger partial charge in [-0.05, 0) is 44.5 Å². The van der Waals surface area contributed by atoms with E-state index in [1.54, 1.807) is 16.8 Å². The van der Waals surface area contributed by atoms with Gasteiger partial charge < -0.3 is 5.32 Å². The zero-order valence-corrected chi connectivity index (χ0v) is 12.2. The fourth-order valence-electron chi connectivity index (χ4n) is 2.31. The van der Waals surface area contributed by atoms with Gasteiger partial charge in [-0.25, -0.2) is 9.50 Å². The van der Waals surface area contributed by atoms with Gasteiger partial charge in [0.15, 0.2) is 5.65 Å². The predicted octanol–water partition coefficient (Wildman–Crippen LogP) is 2.91. The number of rotatable bonds is 2. The maximum Gasteiger partial charge on any atom is 0.255 e. The Morgan fingerprint density at radius 2 is 2.00 bits per heavy atom. The minimum Gasteiger partial charge on any atom is -0.321 e. The molecule has 0 bridgehead atoms. The molecule has 0 spiro atoms. The van der Waals surface area contributed by atoms with Crippen LogP contribution in [-0.2, 0) is 0 Å². The third-order valence-corrected chi connectivity index (χ3v) is 3.26. The number of hydrogen-bond donors (Lipinski definition) is 1. The van der Waals surface area contributed by atoms with Crippen LogP contribution < -0.4 is 5.32 Å². The molecule has 1 N–H and O–H groups in total. The molecule has 5 nitrogen and oxygen atoms in total. The number of amides is 1. The summed E-state index contributed by atoms with van der Waals surface area (Å²) in [4.78, 5) is 16.6. The minimum absolute atomic E-state index is 0.130. The predicted molar refractivity (Wildman–Crippen MR) is 81.6 cm³/mol. The topological polar surface area (TPSA) is 59.3 Å². The molecule has 0 aliphatic heterocycles. The number of aromatic nitrogens is 3. The summed E-state index contributed by atoms with van der Waals surface area (Å²) >= 11 is 0. The van der Waals surface area contributed by atoms with Crippen LogP contribution >= 0.6 is 0 Å². The van der Waals surface area contributed by atoms with Gasteiger partial charge in [-0.3, -0.25) is 4.79 Å². The van der Waals surface area contributed by atoms with Crippen molar-refractivity contribution >= 4 is 17.2 Å². The molecule has 1 amide bonds. The van der Waals surface area contributed by atoms with Crippen molar-refractivity contribution in [2.45, 2.75) is 20.8 Å². The van der Waals surface area contributed by atoms with Crippen molar-refractivity contribution in [1.82, 2.24) is 14.6 Å². The summed E-state index contributed by atoms with van der Waals surface area (Å²) in [7, 11) is 0. The average molecular weight is 280 g/mol. The maximum atomic E-state index is 12.3. The molecule has 1 aromatic carbocycles. The zero-order valence-electron chi connectivity index (χ0n) is 12.2. The number of hydrogen-bond acceptors (Lipinski definition) is 3. The number of pyridine rings is 1. The molecule has 0 unspecified atom stereocenters. The Hall–Kier alpha value is -2.69. The van der Waals surface area contributed by atoms with Gasteiger partial charge >= 0.3 is 0 Å². The molecule has 0 saturated carbocycles. The fraction of sp³-hybridized carbons (Fsp3) is 0.188. The number of nitrogens with one attached hydrogen (secondary N) is 1. The summed E-state index contributed by atoms with van der Waals surface area (Å²) < 4.78 is 1.69. The number of carbonyl (C=O) groups excluding carboxylic acids is 1. The normalized spacial score (nSPS) is 10.8. The minimum atomic E-state index is -0.130. The molecule has 2 heterocycles. The number of benzene rings is 1. The molecule has 21 heavy (non-hydrogen) atoms. The lowest BCUT2D eigenvalue weighted by Gasteiger charge is -2.07. The molecule has 0 aliphatic rings. The highest BCUT2D eigenvalue weighted by Gasteiger charge is 2.09. The lowest BCUT2D eigenvalue weighted by atomic mass is 10.1. The second-order valence-corrected chi connectivity index (χ2v) is 5.16. The number of aryl methyl sites for hydroxylation is 3. The largest absolute Gasteiger partial charge is 0.321 e. The Morgan fingerprint density at radius 1 is 1.19 bits per heavy atom. The van der Waals surface area contributed by atoms with E-state index < -0.39 is 0 Å². The van der Waals surface area contributed by atoms with E-state index >= 15 is 0 Å². The molecule has 0 radical (unpaired) electrons. The standard InChI is InChI=1S/C16H16N4O/c1-10-5-4-6-13(7-10)16(21)18-14-8-11(2)15-17-12(3)19-20(15)9-14/h4-9H,1-3H3,(H,18,21). The molecule has 106 valence electrons. The van der Waals surface area contributed by atoms with Crippen LogP contribution in [0.25, 0.3) is 5.65 Å². The molecule has 0 fully saturated rings. The molecule has 5 heteroatoms. The second-order valence-electron chi connectivity index (χ2n) is 5.16. The van der Waals surface area contributed by atoms with Gasteiger partial charge in [0.25, 0.3) is 5.91 Å². The Balaban J connectivity index is 1.92. The molecule has 0 saturated heterocycles. The van der Waals surface area contributed by atoms with E-state index in [1.165, 1.54) is 0 Å². The van der Waals surface area contributed by atoms with Crippen molar-refractivity contribution in [1.29, 1.82) is 0 Å². The van der Waals surface area contributed by atoms with Crippen molar-refractivity contribution in [2.24, 2.45) is 0 Å². The van der Waals surface area contributed by atoms with Gasteiger partial charge in [0.05, 0.1) is 11.9 Å². The summed E-state index contributed by atoms with van der Waals surface area (Å²) in [6, 6.07) is 9.40. The number of nitrogens with zero attached hydrogens (tertiary/aromatic N) is 3. The molecule has 2 aromatic heterocycles. The average Bonchev–Trinajstić information content (AvgIpc) is 2.80. The van der Waals surface area contributed by atoms with Gasteiger partial charge in [-0.2, -0.15) is 5.10 Å². The van der Waals surface area contributed by atoms with Crippen LogP contribution in [0.5, 0.6) is 0 Å². The van der Waals surface area contributed by atoms with Crippen LogP contribution in [0.1, 0.15) is 27.3 Å². The monoisotopic (exact) mass is 280 g/mol. The van der Waals surface area contributed by atoms with Crippen molar-refractivity contribution in [3.05, 3.63) is 59.0 Å². The summed E-state index contributed by atoms with van der Waals surface area (Å²) in [5.41, 5.74) is 4.18. The first-order valence-corrected chi connectivity index (χ1v) is 6.74. The van der Waals surface area contributed by atoms with E-state index in [9.17, 15) is 4.79 Å². The lowest BCUT2D eigenvalue weighted by Crippen LogP contribution is -2.12. The van der Waals surface area contributed by atoms with Gasteiger partial charge in [-0.1, -0.05) is 17.7 Å². The second kappa shape index (κ2) is 5.01. The Labute approximate surface area is 122 Å². The fourth-order valence-corrected chi connectivity index (χ4v) is 2.31. The molecule has 3 aromatic rings. The molecule has 3 rings (SSSR count). The van der Waals surface area contributed by atoms with Crippen LogP contribution in [0.2, 0.25) is 0 Å². The molecule has 0 atom stereocenters. The van der Waals surface area contributed by atoms with Gasteiger partial charge in [0, 0.05) is 5.56 Å². The number of anilines is 1. The third-order valence-electron chi connectivity index (χ3n) is 3.26. The van der Waals surface area contributed by atoms with Crippen LogP contribution in [0.4, 0.5) is 5.69 Å². The van der Waals surface area contributed by atoms with Crippen molar-refractivity contribution < 1.29 is 4.79 Å². The van der Waals surface area contributed by atoms with Crippen LogP contribution in [0, 0.1) is 20.8 Å². The highest BCUT2D eigenvalue weighted by molar-refractivity contribution is 6.04. The first-order valence-electron chi connectivity index (χ1n) is 6.74. The molecule has 0 aliphatic carbocycles. The van der Waals surface area contributed by atoms with E-state index in [4.69, 9.17) is 0 Å². The summed E-state index contributed by atoms with van der Waals surface area (Å²) in [6.07, 6.45) is 1.77. The van der Waals surface area contributed by atoms with Gasteiger partial charge in [0.2, 0.25) is 0 Å². The van der Waals surface area contributed by atoms with Crippen LogP contribution in [-0.4, -0.2) is 20.5 Å². The smallest absolute Gasteiger partial charge is 0.255 e. The molecular weight excluding hydrogens is 264 g/mol. The van der Waals surface area contributed by atoms with Crippen molar-refractivity contribution in [3.63, 3.8) is 0 Å². The highest BCUT2D eigenvalue weighted by atomic mass is 16.1. The van der Waals surface area contributed by atoms with E-state index in [-0.39, 0.29) is 5.91 Å². The quantitative estimate of drug-likeness (QED) is 0.785. The third kappa shape index (κ3) is 2.63. The number of fused-ring (bicyclic) bond motifs is 1. The SMILES string of the molecule is Cc1cccc(C(=O)Nc2cc(C)c3nc(C)nn3c2)c1. The lowest BCUT2D eigenvalue weighted by molar-refractivity contribution is 0.102. The summed E-state index contributed by atoms with van der Waals surface area (Å²) in [5.74, 6) is 0.578. The van der Waals surface area contributed by atoms with E-state index in [0.29, 0.717) is 17.1 Å². The Kier molecular flexibility index (Phi) is 3.17. The maximum absolute atomic E-state index is 12.3. The summed E-state index contributed by atoms with van der Waals surface area (Å²) in [5, 5.41) is 7.18. The van der Waals surface area contributed by atoms with E-state index in [0.717, 1.165) is 16.8 Å². The highest BCUT2D eigenvalue weighted by Crippen LogP contribution is 2.16. The zero-order chi connectivity index (χ0) is 15.0.